The maximum atomic E-state index is 10.8. The highest BCUT2D eigenvalue weighted by Gasteiger charge is 2.22. The molecule has 0 aromatic heterocycles. The molecule has 0 radical (unpaired) electrons. The summed E-state index contributed by atoms with van der Waals surface area (Å²) in [6, 6.07) is 0. The van der Waals surface area contributed by atoms with Crippen molar-refractivity contribution in [2.45, 2.75) is 33.2 Å². The summed E-state index contributed by atoms with van der Waals surface area (Å²) in [6.45, 7) is 8.25. The van der Waals surface area contributed by atoms with Crippen molar-refractivity contribution in [2.24, 2.45) is 5.73 Å². The van der Waals surface area contributed by atoms with Crippen molar-refractivity contribution in [1.29, 1.82) is 0 Å². The van der Waals surface area contributed by atoms with Crippen LogP contribution in [0.1, 0.15) is 27.7 Å². The van der Waals surface area contributed by atoms with Crippen LogP contribution < -0.4 is 11.1 Å². The number of allylic oxidation sites excluding steroid dienone is 1. The lowest BCUT2D eigenvalue weighted by Gasteiger charge is -2.21. The van der Waals surface area contributed by atoms with Crippen molar-refractivity contribution < 1.29 is 4.79 Å². The van der Waals surface area contributed by atoms with E-state index in [1.165, 1.54) is 5.57 Å². The normalized spacial score (nSPS) is 11.0. The largest absolute Gasteiger partial charge is 0.368 e. The fraction of sp³-hybridized carbons (Fsp3) is 0.667. The van der Waals surface area contributed by atoms with Gasteiger partial charge in [0.2, 0.25) is 5.91 Å². The highest BCUT2D eigenvalue weighted by atomic mass is 16.1. The minimum Gasteiger partial charge on any atom is -0.368 e. The molecule has 0 aliphatic carbocycles. The number of rotatable bonds is 4. The van der Waals surface area contributed by atoms with E-state index in [9.17, 15) is 4.79 Å². The van der Waals surface area contributed by atoms with E-state index in [2.05, 4.69) is 5.32 Å². The quantitative estimate of drug-likeness (QED) is 0.613. The molecular formula is C9H18N2O. The van der Waals surface area contributed by atoms with Gasteiger partial charge in [0.15, 0.2) is 0 Å². The summed E-state index contributed by atoms with van der Waals surface area (Å²) in [7, 11) is 0. The summed E-state index contributed by atoms with van der Waals surface area (Å²) in [4.78, 5) is 10.8. The van der Waals surface area contributed by atoms with Gasteiger partial charge in [0, 0.05) is 6.54 Å². The average Bonchev–Trinajstić information content (AvgIpc) is 1.85. The summed E-state index contributed by atoms with van der Waals surface area (Å²) in [5.41, 5.74) is 5.77. The van der Waals surface area contributed by atoms with Gasteiger partial charge in [0.25, 0.3) is 0 Å². The predicted octanol–water partition coefficient (Wildman–Crippen LogP) is 0.806. The Morgan fingerprint density at radius 3 is 2.33 bits per heavy atom. The Morgan fingerprint density at radius 2 is 2.00 bits per heavy atom. The molecule has 0 saturated carbocycles. The van der Waals surface area contributed by atoms with E-state index < -0.39 is 5.54 Å². The van der Waals surface area contributed by atoms with Crippen LogP contribution >= 0.6 is 0 Å². The highest BCUT2D eigenvalue weighted by Crippen LogP contribution is 1.99. The van der Waals surface area contributed by atoms with E-state index in [1.54, 1.807) is 13.8 Å². The van der Waals surface area contributed by atoms with E-state index in [4.69, 9.17) is 5.73 Å². The molecule has 0 unspecified atom stereocenters. The molecule has 0 bridgehead atoms. The second-order valence-electron chi connectivity index (χ2n) is 3.65. The van der Waals surface area contributed by atoms with Crippen molar-refractivity contribution in [1.82, 2.24) is 5.32 Å². The lowest BCUT2D eigenvalue weighted by molar-refractivity contribution is -0.123. The molecule has 0 saturated heterocycles. The molecule has 0 heterocycles. The van der Waals surface area contributed by atoms with E-state index in [0.29, 0.717) is 6.54 Å². The Balaban J connectivity index is 3.93. The van der Waals surface area contributed by atoms with E-state index in [-0.39, 0.29) is 5.91 Å². The molecule has 0 aliphatic rings. The molecule has 70 valence electrons. The Labute approximate surface area is 74.0 Å². The van der Waals surface area contributed by atoms with Crippen LogP contribution in [-0.2, 0) is 4.79 Å². The van der Waals surface area contributed by atoms with E-state index >= 15 is 0 Å². The lowest BCUT2D eigenvalue weighted by atomic mass is 10.1. The summed E-state index contributed by atoms with van der Waals surface area (Å²) >= 11 is 0. The molecule has 0 aliphatic heterocycles. The minimum absolute atomic E-state index is 0.329. The number of hydrogen-bond donors (Lipinski definition) is 2. The molecule has 0 spiro atoms. The minimum atomic E-state index is -0.619. The van der Waals surface area contributed by atoms with Crippen LogP contribution in [0.15, 0.2) is 11.6 Å². The molecule has 0 rings (SSSR count). The smallest absolute Gasteiger partial charge is 0.237 e. The van der Waals surface area contributed by atoms with Crippen LogP contribution in [0.25, 0.3) is 0 Å². The molecular weight excluding hydrogens is 152 g/mol. The van der Waals surface area contributed by atoms with Crippen molar-refractivity contribution in [3.8, 4) is 0 Å². The van der Waals surface area contributed by atoms with Gasteiger partial charge in [-0.2, -0.15) is 0 Å². The van der Waals surface area contributed by atoms with Gasteiger partial charge in [-0.3, -0.25) is 4.79 Å². The fourth-order valence-electron chi connectivity index (χ4n) is 0.597. The Bertz CT molecular complexity index is 191. The maximum absolute atomic E-state index is 10.8. The zero-order chi connectivity index (χ0) is 9.78. The molecule has 0 fully saturated rings. The standard InChI is InChI=1S/C9H18N2O/c1-7(2)5-6-11-9(3,4)8(10)12/h5,11H,6H2,1-4H3,(H2,10,12). The lowest BCUT2D eigenvalue weighted by Crippen LogP contribution is -2.50. The van der Waals surface area contributed by atoms with Crippen LogP contribution in [0, 0.1) is 0 Å². The third-order valence-corrected chi connectivity index (χ3v) is 1.67. The zero-order valence-electron chi connectivity index (χ0n) is 8.27. The first-order valence-electron chi connectivity index (χ1n) is 4.04. The predicted molar refractivity (Wildman–Crippen MR) is 50.7 cm³/mol. The third-order valence-electron chi connectivity index (χ3n) is 1.67. The monoisotopic (exact) mass is 170 g/mol. The third kappa shape index (κ3) is 4.13. The Morgan fingerprint density at radius 1 is 1.50 bits per heavy atom. The van der Waals surface area contributed by atoms with Gasteiger partial charge in [-0.15, -0.1) is 0 Å². The van der Waals surface area contributed by atoms with Crippen molar-refractivity contribution in [3.05, 3.63) is 11.6 Å². The second-order valence-corrected chi connectivity index (χ2v) is 3.65. The van der Waals surface area contributed by atoms with Gasteiger partial charge in [-0.05, 0) is 27.7 Å². The molecule has 3 heteroatoms. The number of amides is 1. The molecule has 0 aromatic carbocycles. The highest BCUT2D eigenvalue weighted by molar-refractivity contribution is 5.83. The fourth-order valence-corrected chi connectivity index (χ4v) is 0.597. The van der Waals surface area contributed by atoms with Gasteiger partial charge in [-0.25, -0.2) is 0 Å². The number of hydrogen-bond acceptors (Lipinski definition) is 2. The van der Waals surface area contributed by atoms with Crippen LogP contribution in [0.5, 0.6) is 0 Å². The number of nitrogens with one attached hydrogen (secondary N) is 1. The van der Waals surface area contributed by atoms with Crippen LogP contribution in [0.3, 0.4) is 0 Å². The van der Waals surface area contributed by atoms with Crippen molar-refractivity contribution >= 4 is 5.91 Å². The van der Waals surface area contributed by atoms with Gasteiger partial charge in [0.05, 0.1) is 5.54 Å². The molecule has 0 aromatic rings. The number of carbonyl (C=O) groups is 1. The van der Waals surface area contributed by atoms with Gasteiger partial charge in [-0.1, -0.05) is 11.6 Å². The van der Waals surface area contributed by atoms with Gasteiger partial charge >= 0.3 is 0 Å². The van der Waals surface area contributed by atoms with Gasteiger partial charge in [0.1, 0.15) is 0 Å². The number of primary amides is 1. The maximum Gasteiger partial charge on any atom is 0.237 e. The summed E-state index contributed by atoms with van der Waals surface area (Å²) in [5.74, 6) is -0.329. The Hall–Kier alpha value is -0.830. The SMILES string of the molecule is CC(C)=CCNC(C)(C)C(N)=O. The van der Waals surface area contributed by atoms with Crippen molar-refractivity contribution in [2.75, 3.05) is 6.54 Å². The molecule has 1 amide bonds. The first kappa shape index (κ1) is 11.2. The summed E-state index contributed by atoms with van der Waals surface area (Å²) in [5, 5.41) is 3.04. The molecule has 3 N–H and O–H groups in total. The van der Waals surface area contributed by atoms with Crippen LogP contribution in [0.4, 0.5) is 0 Å². The number of nitrogens with two attached hydrogens (primary N) is 1. The molecule has 3 nitrogen and oxygen atoms in total. The average molecular weight is 170 g/mol. The Kier molecular flexibility index (Phi) is 3.96. The number of carbonyl (C=O) groups excluding carboxylic acids is 1. The van der Waals surface area contributed by atoms with Crippen LogP contribution in [0.2, 0.25) is 0 Å². The second kappa shape index (κ2) is 4.26. The molecule has 0 atom stereocenters. The zero-order valence-corrected chi connectivity index (χ0v) is 8.27. The first-order valence-corrected chi connectivity index (χ1v) is 4.04. The van der Waals surface area contributed by atoms with E-state index in [0.717, 1.165) is 0 Å². The van der Waals surface area contributed by atoms with E-state index in [1.807, 2.05) is 19.9 Å². The first-order chi connectivity index (χ1) is 5.36. The van der Waals surface area contributed by atoms with Crippen molar-refractivity contribution in [3.63, 3.8) is 0 Å². The van der Waals surface area contributed by atoms with Crippen LogP contribution in [-0.4, -0.2) is 18.0 Å². The summed E-state index contributed by atoms with van der Waals surface area (Å²) < 4.78 is 0. The summed E-state index contributed by atoms with van der Waals surface area (Å²) in [6.07, 6.45) is 2.02. The van der Waals surface area contributed by atoms with Gasteiger partial charge < -0.3 is 11.1 Å². The molecule has 12 heavy (non-hydrogen) atoms. The topological polar surface area (TPSA) is 55.1 Å².